The number of carbonyl (C=O) groups is 2. The maximum Gasteiger partial charge on any atom is 0.252 e. The fourth-order valence-corrected chi connectivity index (χ4v) is 8.25. The van der Waals surface area contributed by atoms with Crippen molar-refractivity contribution in [3.63, 3.8) is 0 Å². The molecule has 1 saturated carbocycles. The van der Waals surface area contributed by atoms with Crippen LogP contribution in [-0.4, -0.2) is 29.0 Å². The van der Waals surface area contributed by atoms with E-state index in [0.717, 1.165) is 46.7 Å². The Labute approximate surface area is 208 Å². The molecule has 0 spiro atoms. The van der Waals surface area contributed by atoms with Crippen molar-refractivity contribution < 1.29 is 9.59 Å². The lowest BCUT2D eigenvalue weighted by Gasteiger charge is -2.37. The molecule has 0 radical (unpaired) electrons. The number of amides is 2. The Bertz CT molecular complexity index is 1670. The van der Waals surface area contributed by atoms with E-state index in [0.29, 0.717) is 13.0 Å². The first-order chi connectivity index (χ1) is 17.5. The standard InChI is InChI=1S/C30H28N4O2/c1-32-29(36)30(31)13-16-12-21(30)18-11-10-15-6-2-3-7-17(15)23-20-14-33-28(35)26(20)25-19-8-4-5-9-22(19)34(16)27(25)24(18)23/h2-9,16,18,21H,10-14,31H2,1H3,(H,32,36)(H,33,35)/t16?,18?,21-,30-/m0/s1. The fourth-order valence-electron chi connectivity index (χ4n) is 8.25. The Morgan fingerprint density at radius 2 is 1.94 bits per heavy atom. The molecule has 4 aliphatic rings. The quantitative estimate of drug-likeness (QED) is 0.386. The third kappa shape index (κ3) is 2.27. The van der Waals surface area contributed by atoms with Crippen molar-refractivity contribution in [3.8, 4) is 11.1 Å². The monoisotopic (exact) mass is 476 g/mol. The molecule has 3 aromatic carbocycles. The van der Waals surface area contributed by atoms with Gasteiger partial charge in [-0.05, 0) is 71.4 Å². The highest BCUT2D eigenvalue weighted by molar-refractivity contribution is 6.23. The number of aromatic nitrogens is 1. The van der Waals surface area contributed by atoms with Crippen LogP contribution < -0.4 is 16.4 Å². The zero-order chi connectivity index (χ0) is 24.3. The predicted molar refractivity (Wildman–Crippen MR) is 140 cm³/mol. The number of nitrogens with zero attached hydrogens (tertiary/aromatic N) is 1. The third-order valence-corrected chi connectivity index (χ3v) is 9.59. The first-order valence-electron chi connectivity index (χ1n) is 13.0. The molecule has 1 aromatic heterocycles. The van der Waals surface area contributed by atoms with Gasteiger partial charge in [-0.25, -0.2) is 0 Å². The molecule has 4 atom stereocenters. The van der Waals surface area contributed by atoms with Gasteiger partial charge in [0.15, 0.2) is 0 Å². The summed E-state index contributed by atoms with van der Waals surface area (Å²) < 4.78 is 2.45. The molecule has 36 heavy (non-hydrogen) atoms. The largest absolute Gasteiger partial charge is 0.358 e. The number of hydrogen-bond donors (Lipinski definition) is 3. The van der Waals surface area contributed by atoms with Crippen molar-refractivity contribution in [1.82, 2.24) is 15.2 Å². The van der Waals surface area contributed by atoms with Gasteiger partial charge in [-0.15, -0.1) is 0 Å². The Morgan fingerprint density at radius 3 is 2.81 bits per heavy atom. The van der Waals surface area contributed by atoms with Gasteiger partial charge < -0.3 is 20.9 Å². The summed E-state index contributed by atoms with van der Waals surface area (Å²) in [6.07, 6.45) is 3.34. The molecule has 4 N–H and O–H groups in total. The van der Waals surface area contributed by atoms with Crippen molar-refractivity contribution in [3.05, 3.63) is 70.8 Å². The highest BCUT2D eigenvalue weighted by Gasteiger charge is 2.56. The number of benzene rings is 3. The van der Waals surface area contributed by atoms with E-state index >= 15 is 0 Å². The molecule has 2 amide bonds. The molecular formula is C30H28N4O2. The zero-order valence-electron chi connectivity index (χ0n) is 20.2. The van der Waals surface area contributed by atoms with E-state index in [1.54, 1.807) is 7.05 Å². The van der Waals surface area contributed by atoms with E-state index in [4.69, 9.17) is 5.73 Å². The zero-order valence-corrected chi connectivity index (χ0v) is 20.2. The van der Waals surface area contributed by atoms with Gasteiger partial charge in [-0.2, -0.15) is 0 Å². The molecule has 8 rings (SSSR count). The van der Waals surface area contributed by atoms with Gasteiger partial charge in [0.2, 0.25) is 5.91 Å². The van der Waals surface area contributed by atoms with Gasteiger partial charge in [-0.3, -0.25) is 9.59 Å². The van der Waals surface area contributed by atoms with Crippen LogP contribution in [0.4, 0.5) is 0 Å². The van der Waals surface area contributed by atoms with Gasteiger partial charge in [-0.1, -0.05) is 42.5 Å². The van der Waals surface area contributed by atoms with E-state index in [9.17, 15) is 9.59 Å². The van der Waals surface area contributed by atoms with Crippen molar-refractivity contribution in [2.45, 2.75) is 49.7 Å². The predicted octanol–water partition coefficient (Wildman–Crippen LogP) is 4.14. The lowest BCUT2D eigenvalue weighted by molar-refractivity contribution is -0.127. The summed E-state index contributed by atoms with van der Waals surface area (Å²) in [7, 11) is 1.70. The minimum atomic E-state index is -0.930. The number of nitrogens with one attached hydrogen (secondary N) is 2. The number of likely N-dealkylation sites (N-methyl/N-ethyl adjacent to an activating group) is 1. The van der Waals surface area contributed by atoms with E-state index in [1.165, 1.54) is 27.8 Å². The normalized spacial score (nSPS) is 27.4. The number of aryl methyl sites for hydroxylation is 1. The average molecular weight is 477 g/mol. The second kappa shape index (κ2) is 6.77. The molecule has 2 aliphatic heterocycles. The molecule has 2 bridgehead atoms. The van der Waals surface area contributed by atoms with Gasteiger partial charge in [0.1, 0.15) is 5.54 Å². The summed E-state index contributed by atoms with van der Waals surface area (Å²) in [5.74, 6) is 0.114. The van der Waals surface area contributed by atoms with Crippen LogP contribution in [0.25, 0.3) is 32.9 Å². The Morgan fingerprint density at radius 1 is 1.14 bits per heavy atom. The van der Waals surface area contributed by atoms with E-state index < -0.39 is 5.54 Å². The Kier molecular flexibility index (Phi) is 3.86. The van der Waals surface area contributed by atoms with E-state index in [-0.39, 0.29) is 29.7 Å². The van der Waals surface area contributed by atoms with E-state index in [2.05, 4.69) is 63.7 Å². The topological polar surface area (TPSA) is 89.2 Å². The summed E-state index contributed by atoms with van der Waals surface area (Å²) >= 11 is 0. The van der Waals surface area contributed by atoms with E-state index in [1.807, 2.05) is 0 Å². The van der Waals surface area contributed by atoms with Gasteiger partial charge in [0.05, 0.1) is 11.1 Å². The highest BCUT2D eigenvalue weighted by atomic mass is 16.2. The molecule has 1 fully saturated rings. The molecule has 6 nitrogen and oxygen atoms in total. The van der Waals surface area contributed by atoms with Crippen LogP contribution in [0.2, 0.25) is 0 Å². The average Bonchev–Trinajstić information content (AvgIpc) is 3.48. The fraction of sp³-hybridized carbons (Fsp3) is 0.333. The SMILES string of the molecule is CNC(=O)[C@]1(N)CC2C[C@H]1C1CCc3ccccc3-c3c4c(c5c6ccccc6n2c5c31)C(=O)NC4. The summed E-state index contributed by atoms with van der Waals surface area (Å²) in [5, 5.41) is 8.23. The maximum atomic E-state index is 13.4. The minimum absolute atomic E-state index is 0.0157. The summed E-state index contributed by atoms with van der Waals surface area (Å²) in [4.78, 5) is 26.7. The highest BCUT2D eigenvalue weighted by Crippen LogP contribution is 2.60. The number of para-hydroxylation sites is 1. The number of carbonyl (C=O) groups excluding carboxylic acids is 2. The summed E-state index contributed by atoms with van der Waals surface area (Å²) in [5.41, 5.74) is 15.5. The molecule has 180 valence electrons. The van der Waals surface area contributed by atoms with Gasteiger partial charge in [0.25, 0.3) is 5.91 Å². The molecule has 4 aromatic rings. The van der Waals surface area contributed by atoms with Crippen LogP contribution in [0.1, 0.15) is 58.3 Å². The molecule has 0 saturated heterocycles. The van der Waals surface area contributed by atoms with Crippen LogP contribution in [0.3, 0.4) is 0 Å². The molecular weight excluding hydrogens is 448 g/mol. The molecule has 2 aliphatic carbocycles. The van der Waals surface area contributed by atoms with Gasteiger partial charge >= 0.3 is 0 Å². The Balaban J connectivity index is 1.61. The van der Waals surface area contributed by atoms with Crippen LogP contribution >= 0.6 is 0 Å². The third-order valence-electron chi connectivity index (χ3n) is 9.59. The number of rotatable bonds is 1. The molecule has 3 heterocycles. The molecule has 2 unspecified atom stereocenters. The summed E-state index contributed by atoms with van der Waals surface area (Å²) in [6, 6.07) is 17.2. The van der Waals surface area contributed by atoms with Crippen LogP contribution in [0, 0.1) is 5.92 Å². The first kappa shape index (κ1) is 20.5. The lowest BCUT2D eigenvalue weighted by atomic mass is 9.71. The minimum Gasteiger partial charge on any atom is -0.358 e. The van der Waals surface area contributed by atoms with Crippen molar-refractivity contribution in [2.75, 3.05) is 7.05 Å². The number of fused-ring (bicyclic) bond motifs is 12. The van der Waals surface area contributed by atoms with Crippen LogP contribution in [0.15, 0.2) is 48.5 Å². The van der Waals surface area contributed by atoms with Gasteiger partial charge in [0, 0.05) is 35.9 Å². The van der Waals surface area contributed by atoms with Crippen LogP contribution in [0.5, 0.6) is 0 Å². The number of hydrogen-bond acceptors (Lipinski definition) is 3. The Hall–Kier alpha value is -3.64. The van der Waals surface area contributed by atoms with Crippen molar-refractivity contribution in [2.24, 2.45) is 11.7 Å². The maximum absolute atomic E-state index is 13.4. The first-order valence-corrected chi connectivity index (χ1v) is 13.0. The second-order valence-electron chi connectivity index (χ2n) is 11.1. The van der Waals surface area contributed by atoms with Crippen molar-refractivity contribution in [1.29, 1.82) is 0 Å². The summed E-state index contributed by atoms with van der Waals surface area (Å²) in [6.45, 7) is 0.532. The second-order valence-corrected chi connectivity index (χ2v) is 11.1. The smallest absolute Gasteiger partial charge is 0.252 e. The lowest BCUT2D eigenvalue weighted by Crippen LogP contribution is -2.57. The van der Waals surface area contributed by atoms with Crippen LogP contribution in [-0.2, 0) is 17.8 Å². The van der Waals surface area contributed by atoms with Crippen molar-refractivity contribution >= 4 is 33.6 Å². The molecule has 6 heteroatoms. The number of nitrogens with two attached hydrogens (primary N) is 1.